The van der Waals surface area contributed by atoms with Gasteiger partial charge in [0.05, 0.1) is 0 Å². The quantitative estimate of drug-likeness (QED) is 0.714. The number of hydrogen-bond donors (Lipinski definition) is 1. The molecule has 0 bridgehead atoms. The Morgan fingerprint density at radius 1 is 1.11 bits per heavy atom. The normalized spacial score (nSPS) is 34.0. The molecule has 0 heterocycles. The van der Waals surface area contributed by atoms with Crippen LogP contribution in [0.1, 0.15) is 65.2 Å². The third-order valence-corrected chi connectivity index (χ3v) is 5.89. The molecule has 0 aromatic carbocycles. The standard InChI is InChI=1S/C16H31NS/c1-3-18-11-10-13(2)17-16-9-8-14-6-4-5-7-15(14)12-16/h13-17H,3-12H2,1-2H3. The lowest BCUT2D eigenvalue weighted by Gasteiger charge is -2.40. The van der Waals surface area contributed by atoms with Crippen molar-refractivity contribution >= 4 is 11.8 Å². The van der Waals surface area contributed by atoms with Gasteiger partial charge in [0.25, 0.3) is 0 Å². The van der Waals surface area contributed by atoms with Crippen LogP contribution in [-0.2, 0) is 0 Å². The SMILES string of the molecule is CCSCCC(C)NC1CCC2CCCCC2C1. The van der Waals surface area contributed by atoms with Gasteiger partial charge in [0.2, 0.25) is 0 Å². The summed E-state index contributed by atoms with van der Waals surface area (Å²) in [5.41, 5.74) is 0. The van der Waals surface area contributed by atoms with E-state index in [1.807, 2.05) is 0 Å². The summed E-state index contributed by atoms with van der Waals surface area (Å²) in [7, 11) is 0. The Kier molecular flexibility index (Phi) is 6.37. The summed E-state index contributed by atoms with van der Waals surface area (Å²) >= 11 is 2.08. The van der Waals surface area contributed by atoms with Crippen LogP contribution in [0.15, 0.2) is 0 Å². The number of fused-ring (bicyclic) bond motifs is 1. The van der Waals surface area contributed by atoms with Gasteiger partial charge < -0.3 is 5.32 Å². The molecule has 4 atom stereocenters. The zero-order valence-electron chi connectivity index (χ0n) is 12.3. The van der Waals surface area contributed by atoms with Crippen molar-refractivity contribution in [3.8, 4) is 0 Å². The predicted molar refractivity (Wildman–Crippen MR) is 83.3 cm³/mol. The van der Waals surface area contributed by atoms with E-state index < -0.39 is 0 Å². The molecule has 2 heteroatoms. The van der Waals surface area contributed by atoms with Gasteiger partial charge in [-0.3, -0.25) is 0 Å². The van der Waals surface area contributed by atoms with Crippen LogP contribution >= 0.6 is 11.8 Å². The van der Waals surface area contributed by atoms with Crippen LogP contribution in [0.3, 0.4) is 0 Å². The van der Waals surface area contributed by atoms with E-state index >= 15 is 0 Å². The summed E-state index contributed by atoms with van der Waals surface area (Å²) in [5, 5.41) is 3.90. The smallest absolute Gasteiger partial charge is 0.00723 e. The van der Waals surface area contributed by atoms with Crippen LogP contribution in [0.5, 0.6) is 0 Å². The molecular formula is C16H31NS. The van der Waals surface area contributed by atoms with Gasteiger partial charge in [-0.2, -0.15) is 11.8 Å². The van der Waals surface area contributed by atoms with Crippen molar-refractivity contribution in [3.05, 3.63) is 0 Å². The molecule has 0 saturated heterocycles. The Hall–Kier alpha value is 0.310. The monoisotopic (exact) mass is 269 g/mol. The van der Waals surface area contributed by atoms with Gasteiger partial charge in [-0.05, 0) is 55.9 Å². The first-order valence-electron chi connectivity index (χ1n) is 8.13. The molecule has 0 radical (unpaired) electrons. The van der Waals surface area contributed by atoms with Gasteiger partial charge in [0.15, 0.2) is 0 Å². The lowest BCUT2D eigenvalue weighted by molar-refractivity contribution is 0.139. The predicted octanol–water partition coefficient (Wildman–Crippen LogP) is 4.47. The van der Waals surface area contributed by atoms with E-state index in [9.17, 15) is 0 Å². The van der Waals surface area contributed by atoms with Crippen molar-refractivity contribution in [2.45, 2.75) is 77.3 Å². The van der Waals surface area contributed by atoms with Crippen molar-refractivity contribution in [3.63, 3.8) is 0 Å². The summed E-state index contributed by atoms with van der Waals surface area (Å²) < 4.78 is 0. The molecule has 0 aromatic heterocycles. The van der Waals surface area contributed by atoms with Crippen LogP contribution in [0, 0.1) is 11.8 Å². The van der Waals surface area contributed by atoms with E-state index in [1.165, 1.54) is 62.9 Å². The van der Waals surface area contributed by atoms with Crippen molar-refractivity contribution < 1.29 is 0 Å². The van der Waals surface area contributed by atoms with E-state index in [0.717, 1.165) is 17.9 Å². The molecule has 106 valence electrons. The van der Waals surface area contributed by atoms with Gasteiger partial charge in [0.1, 0.15) is 0 Å². The maximum Gasteiger partial charge on any atom is 0.00723 e. The van der Waals surface area contributed by atoms with Crippen LogP contribution in [0.25, 0.3) is 0 Å². The summed E-state index contributed by atoms with van der Waals surface area (Å²) in [5.74, 6) is 4.73. The van der Waals surface area contributed by atoms with E-state index in [1.54, 1.807) is 0 Å². The lowest BCUT2D eigenvalue weighted by atomic mass is 9.69. The first-order chi connectivity index (χ1) is 8.79. The van der Waals surface area contributed by atoms with Crippen LogP contribution in [0.4, 0.5) is 0 Å². The summed E-state index contributed by atoms with van der Waals surface area (Å²) in [6, 6.07) is 1.54. The number of thioether (sulfide) groups is 1. The molecule has 2 aliphatic carbocycles. The second-order valence-corrected chi connectivity index (χ2v) is 7.76. The van der Waals surface area contributed by atoms with E-state index in [0.29, 0.717) is 6.04 Å². The fraction of sp³-hybridized carbons (Fsp3) is 1.00. The zero-order chi connectivity index (χ0) is 12.8. The molecule has 2 fully saturated rings. The average Bonchev–Trinajstić information content (AvgIpc) is 2.39. The van der Waals surface area contributed by atoms with Gasteiger partial charge in [-0.15, -0.1) is 0 Å². The molecular weight excluding hydrogens is 238 g/mol. The van der Waals surface area contributed by atoms with Gasteiger partial charge >= 0.3 is 0 Å². The molecule has 0 spiro atoms. The van der Waals surface area contributed by atoms with Crippen LogP contribution in [-0.4, -0.2) is 23.6 Å². The maximum atomic E-state index is 3.90. The van der Waals surface area contributed by atoms with Crippen molar-refractivity contribution in [1.82, 2.24) is 5.32 Å². The fourth-order valence-electron chi connectivity index (χ4n) is 3.91. The molecule has 2 aliphatic rings. The third kappa shape index (κ3) is 4.45. The van der Waals surface area contributed by atoms with E-state index in [-0.39, 0.29) is 0 Å². The Morgan fingerprint density at radius 3 is 2.67 bits per heavy atom. The van der Waals surface area contributed by atoms with Crippen molar-refractivity contribution in [2.24, 2.45) is 11.8 Å². The molecule has 0 aliphatic heterocycles. The number of hydrogen-bond acceptors (Lipinski definition) is 2. The van der Waals surface area contributed by atoms with Crippen LogP contribution < -0.4 is 5.32 Å². The molecule has 2 rings (SSSR count). The minimum absolute atomic E-state index is 0.717. The second-order valence-electron chi connectivity index (χ2n) is 6.37. The molecule has 1 nitrogen and oxygen atoms in total. The summed E-state index contributed by atoms with van der Waals surface area (Å²) in [6.07, 6.45) is 11.8. The molecule has 0 amide bonds. The summed E-state index contributed by atoms with van der Waals surface area (Å²) in [4.78, 5) is 0. The Morgan fingerprint density at radius 2 is 1.89 bits per heavy atom. The Bertz CT molecular complexity index is 231. The topological polar surface area (TPSA) is 12.0 Å². The van der Waals surface area contributed by atoms with Crippen LogP contribution in [0.2, 0.25) is 0 Å². The largest absolute Gasteiger partial charge is 0.311 e. The molecule has 0 aromatic rings. The third-order valence-electron chi connectivity index (χ3n) is 4.96. The zero-order valence-corrected chi connectivity index (χ0v) is 13.1. The van der Waals surface area contributed by atoms with E-state index in [4.69, 9.17) is 0 Å². The Balaban J connectivity index is 1.67. The summed E-state index contributed by atoms with van der Waals surface area (Å²) in [6.45, 7) is 4.64. The maximum absolute atomic E-state index is 3.90. The second kappa shape index (κ2) is 7.79. The van der Waals surface area contributed by atoms with E-state index in [2.05, 4.69) is 30.9 Å². The highest BCUT2D eigenvalue weighted by Crippen LogP contribution is 2.40. The number of rotatable bonds is 6. The minimum atomic E-state index is 0.717. The molecule has 18 heavy (non-hydrogen) atoms. The Labute approximate surface area is 118 Å². The molecule has 1 N–H and O–H groups in total. The lowest BCUT2D eigenvalue weighted by Crippen LogP contribution is -2.42. The van der Waals surface area contributed by atoms with Gasteiger partial charge in [0, 0.05) is 12.1 Å². The molecule has 2 saturated carbocycles. The highest BCUT2D eigenvalue weighted by molar-refractivity contribution is 7.99. The van der Waals surface area contributed by atoms with Gasteiger partial charge in [-0.25, -0.2) is 0 Å². The fourth-order valence-corrected chi connectivity index (χ4v) is 4.72. The first kappa shape index (κ1) is 14.7. The van der Waals surface area contributed by atoms with Crippen molar-refractivity contribution in [2.75, 3.05) is 11.5 Å². The highest BCUT2D eigenvalue weighted by atomic mass is 32.2. The average molecular weight is 269 g/mol. The van der Waals surface area contributed by atoms with Gasteiger partial charge in [-0.1, -0.05) is 32.6 Å². The first-order valence-corrected chi connectivity index (χ1v) is 9.28. The molecule has 4 unspecified atom stereocenters. The highest BCUT2D eigenvalue weighted by Gasteiger charge is 2.32. The number of nitrogens with one attached hydrogen (secondary N) is 1. The van der Waals surface area contributed by atoms with Crippen molar-refractivity contribution in [1.29, 1.82) is 0 Å². The minimum Gasteiger partial charge on any atom is -0.311 e.